The molecule has 3 aliphatic rings. The van der Waals surface area contributed by atoms with Crippen molar-refractivity contribution in [2.45, 2.75) is 116 Å². The van der Waals surface area contributed by atoms with Crippen LogP contribution in [-0.4, -0.2) is 102 Å². The maximum Gasteiger partial charge on any atom is 0.309 e. The Labute approximate surface area is 315 Å². The molecular formula is C37H59ClN6O7S. The molecule has 1 aliphatic carbocycles. The van der Waals surface area contributed by atoms with Gasteiger partial charge in [0.05, 0.1) is 12.2 Å². The van der Waals surface area contributed by atoms with Gasteiger partial charge in [-0.05, 0) is 70.3 Å². The average molecular weight is 767 g/mol. The van der Waals surface area contributed by atoms with Crippen LogP contribution in [0.2, 0.25) is 0 Å². The molecule has 0 aromatic heterocycles. The number of piperidine rings is 1. The first-order chi connectivity index (χ1) is 23.9. The Kier molecular flexibility index (Phi) is 15.1. The van der Waals surface area contributed by atoms with E-state index in [0.717, 1.165) is 43.9 Å². The molecule has 0 unspecified atom stereocenters. The molecule has 2 heterocycles. The SMILES string of the molecule is CC(C)(CC(C)(C)C(=O)N=C(N)N1CCC(CN([C@H](Cc2ccccc2)C(=O)N2CCC[C@H]2C(N)=O)S(C)(=O)=O)CC1)OC(=O)C1CCCCC1.Cl. The zero-order valence-corrected chi connectivity index (χ0v) is 33.1. The predicted molar refractivity (Wildman–Crippen MR) is 203 cm³/mol. The van der Waals surface area contributed by atoms with E-state index >= 15 is 0 Å². The number of carbonyl (C=O) groups excluding carboxylic acids is 4. The molecular weight excluding hydrogens is 708 g/mol. The minimum Gasteiger partial charge on any atom is -0.459 e. The monoisotopic (exact) mass is 766 g/mol. The molecule has 3 fully saturated rings. The number of hydrogen-bond acceptors (Lipinski definition) is 7. The second-order valence-corrected chi connectivity index (χ2v) is 17.8. The van der Waals surface area contributed by atoms with Crippen molar-refractivity contribution in [1.29, 1.82) is 0 Å². The molecule has 15 heteroatoms. The summed E-state index contributed by atoms with van der Waals surface area (Å²) in [6.45, 7) is 8.53. The minimum atomic E-state index is -3.86. The molecule has 0 bridgehead atoms. The van der Waals surface area contributed by atoms with Crippen molar-refractivity contribution in [3.8, 4) is 0 Å². The lowest BCUT2D eigenvalue weighted by atomic mass is 9.80. The van der Waals surface area contributed by atoms with E-state index in [1.807, 2.05) is 49.1 Å². The molecule has 4 N–H and O–H groups in total. The summed E-state index contributed by atoms with van der Waals surface area (Å²) in [5, 5.41) is 0. The van der Waals surface area contributed by atoms with Crippen molar-refractivity contribution in [2.24, 2.45) is 33.7 Å². The van der Waals surface area contributed by atoms with Gasteiger partial charge in [-0.25, -0.2) is 8.42 Å². The van der Waals surface area contributed by atoms with Crippen molar-refractivity contribution in [3.63, 3.8) is 0 Å². The van der Waals surface area contributed by atoms with E-state index in [1.165, 1.54) is 9.21 Å². The van der Waals surface area contributed by atoms with Crippen LogP contribution in [0.15, 0.2) is 35.3 Å². The van der Waals surface area contributed by atoms with E-state index < -0.39 is 50.8 Å². The van der Waals surface area contributed by atoms with E-state index in [0.29, 0.717) is 45.3 Å². The number of ether oxygens (including phenoxy) is 1. The highest BCUT2D eigenvalue weighted by molar-refractivity contribution is 7.88. The van der Waals surface area contributed by atoms with Gasteiger partial charge in [0.2, 0.25) is 21.8 Å². The predicted octanol–water partition coefficient (Wildman–Crippen LogP) is 3.63. The Balaban J connectivity index is 0.00000729. The van der Waals surface area contributed by atoms with Gasteiger partial charge in [0.25, 0.3) is 5.91 Å². The zero-order valence-electron chi connectivity index (χ0n) is 31.4. The molecule has 13 nitrogen and oxygen atoms in total. The van der Waals surface area contributed by atoms with Gasteiger partial charge in [0, 0.05) is 38.0 Å². The number of nitrogens with two attached hydrogens (primary N) is 2. The smallest absolute Gasteiger partial charge is 0.309 e. The number of guanidine groups is 1. The standard InChI is InChI=1S/C37H58N6O7S.ClH/c1-36(2,25-37(3,4)50-33(46)28-15-10-7-11-16-28)34(47)40-35(39)41-21-18-27(19-22-41)24-43(51(5,48)49)30(23-26-13-8-6-9-14-26)32(45)42-20-12-17-29(42)31(38)44;/h6,8-9,13-14,27-30H,7,10-12,15-25H2,1-5H3,(H2,38,44)(H2,39,40,47);1H/t29-,30+;/m0./s1. The van der Waals surface area contributed by atoms with E-state index in [2.05, 4.69) is 4.99 Å². The molecule has 4 rings (SSSR count). The summed E-state index contributed by atoms with van der Waals surface area (Å²) < 4.78 is 33.9. The molecule has 3 amide bonds. The summed E-state index contributed by atoms with van der Waals surface area (Å²) in [5.74, 6) is -1.73. The van der Waals surface area contributed by atoms with Crippen molar-refractivity contribution >= 4 is 52.1 Å². The van der Waals surface area contributed by atoms with Crippen LogP contribution in [0.3, 0.4) is 0 Å². The summed E-state index contributed by atoms with van der Waals surface area (Å²) in [7, 11) is -3.86. The molecule has 292 valence electrons. The zero-order chi connectivity index (χ0) is 37.6. The summed E-state index contributed by atoms with van der Waals surface area (Å²) in [6, 6.07) is 7.42. The van der Waals surface area contributed by atoms with Crippen LogP contribution in [0, 0.1) is 17.3 Å². The molecule has 2 saturated heterocycles. The summed E-state index contributed by atoms with van der Waals surface area (Å²) in [6.07, 6.45) is 8.59. The first-order valence-corrected chi connectivity index (χ1v) is 20.2. The van der Waals surface area contributed by atoms with Gasteiger partial charge in [-0.1, -0.05) is 63.4 Å². The van der Waals surface area contributed by atoms with Crippen molar-refractivity contribution in [2.75, 3.05) is 32.4 Å². The molecule has 1 saturated carbocycles. The number of likely N-dealkylation sites (tertiary alicyclic amines) is 2. The first kappa shape index (κ1) is 43.2. The quantitative estimate of drug-likeness (QED) is 0.172. The number of halogens is 1. The summed E-state index contributed by atoms with van der Waals surface area (Å²) in [4.78, 5) is 60.0. The highest BCUT2D eigenvalue weighted by Crippen LogP contribution is 2.34. The van der Waals surface area contributed by atoms with Gasteiger partial charge in [-0.3, -0.25) is 19.2 Å². The second-order valence-electron chi connectivity index (χ2n) is 15.9. The number of benzene rings is 1. The largest absolute Gasteiger partial charge is 0.459 e. The second kappa shape index (κ2) is 18.2. The minimum absolute atomic E-state index is 0. The van der Waals surface area contributed by atoms with E-state index in [1.54, 1.807) is 13.8 Å². The number of nitrogens with zero attached hydrogens (tertiary/aromatic N) is 4. The number of hydrogen-bond donors (Lipinski definition) is 2. The fraction of sp³-hybridized carbons (Fsp3) is 0.703. The fourth-order valence-corrected chi connectivity index (χ4v) is 9.06. The van der Waals surface area contributed by atoms with Crippen molar-refractivity contribution in [1.82, 2.24) is 14.1 Å². The maximum atomic E-state index is 14.0. The highest BCUT2D eigenvalue weighted by Gasteiger charge is 2.42. The Morgan fingerprint density at radius 1 is 0.923 bits per heavy atom. The number of aliphatic imine (C=N–C) groups is 1. The Morgan fingerprint density at radius 2 is 1.54 bits per heavy atom. The van der Waals surface area contributed by atoms with Gasteiger partial charge in [-0.2, -0.15) is 9.30 Å². The Bertz CT molecular complexity index is 1540. The van der Waals surface area contributed by atoms with Gasteiger partial charge < -0.3 is 26.0 Å². The van der Waals surface area contributed by atoms with Crippen molar-refractivity contribution in [3.05, 3.63) is 35.9 Å². The number of amides is 3. The fourth-order valence-electron chi connectivity index (χ4n) is 7.96. The third kappa shape index (κ3) is 11.6. The number of primary amides is 1. The van der Waals surface area contributed by atoms with Gasteiger partial charge in [-0.15, -0.1) is 12.4 Å². The summed E-state index contributed by atoms with van der Waals surface area (Å²) >= 11 is 0. The topological polar surface area (TPSA) is 186 Å². The van der Waals surface area contributed by atoms with Crippen LogP contribution in [0.1, 0.15) is 97.5 Å². The van der Waals surface area contributed by atoms with Crippen LogP contribution in [0.25, 0.3) is 0 Å². The normalized spacial score (nSPS) is 20.3. The molecule has 1 aromatic rings. The number of sulfonamides is 1. The van der Waals surface area contributed by atoms with E-state index in [9.17, 15) is 27.6 Å². The molecule has 0 radical (unpaired) electrons. The summed E-state index contributed by atoms with van der Waals surface area (Å²) in [5.41, 5.74) is 11.0. The molecule has 2 atom stereocenters. The van der Waals surface area contributed by atoms with Crippen LogP contribution < -0.4 is 11.5 Å². The molecule has 2 aliphatic heterocycles. The number of carbonyl (C=O) groups is 4. The van der Waals surface area contributed by atoms with Crippen LogP contribution in [0.5, 0.6) is 0 Å². The lowest BCUT2D eigenvalue weighted by molar-refractivity contribution is -0.166. The molecule has 1 aromatic carbocycles. The number of rotatable bonds is 13. The van der Waals surface area contributed by atoms with Crippen molar-refractivity contribution < 1.29 is 32.3 Å². The van der Waals surface area contributed by atoms with E-state index in [-0.39, 0.29) is 55.6 Å². The van der Waals surface area contributed by atoms with Gasteiger partial charge in [0.15, 0.2) is 5.96 Å². The van der Waals surface area contributed by atoms with Crippen LogP contribution in [0.4, 0.5) is 0 Å². The van der Waals surface area contributed by atoms with Gasteiger partial charge >= 0.3 is 5.97 Å². The first-order valence-electron chi connectivity index (χ1n) is 18.3. The third-order valence-electron chi connectivity index (χ3n) is 10.5. The molecule has 52 heavy (non-hydrogen) atoms. The van der Waals surface area contributed by atoms with Gasteiger partial charge in [0.1, 0.15) is 17.7 Å². The lowest BCUT2D eigenvalue weighted by Gasteiger charge is -2.38. The average Bonchev–Trinajstić information content (AvgIpc) is 3.57. The Morgan fingerprint density at radius 3 is 2.12 bits per heavy atom. The van der Waals surface area contributed by atoms with E-state index in [4.69, 9.17) is 16.2 Å². The third-order valence-corrected chi connectivity index (χ3v) is 11.8. The lowest BCUT2D eigenvalue weighted by Crippen LogP contribution is -2.56. The van der Waals surface area contributed by atoms with Crippen LogP contribution in [-0.2, 0) is 40.4 Å². The number of esters is 1. The highest BCUT2D eigenvalue weighted by atomic mass is 35.5. The molecule has 0 spiro atoms. The maximum absolute atomic E-state index is 14.0. The van der Waals surface area contributed by atoms with Crippen LogP contribution >= 0.6 is 12.4 Å². The Hall–Kier alpha value is -3.23.